The number of aromatic nitrogens is 2. The molecule has 0 bridgehead atoms. The van der Waals surface area contributed by atoms with Crippen LogP contribution in [-0.2, 0) is 0 Å². The van der Waals surface area contributed by atoms with E-state index in [0.29, 0.717) is 23.4 Å². The zero-order chi connectivity index (χ0) is 23.5. The second-order valence-corrected chi connectivity index (χ2v) is 7.75. The predicted octanol–water partition coefficient (Wildman–Crippen LogP) is 4.79. The third-order valence-corrected chi connectivity index (χ3v) is 5.29. The van der Waals surface area contributed by atoms with Crippen molar-refractivity contribution in [3.8, 4) is 17.2 Å². The maximum atomic E-state index is 12.9. The maximum absolute atomic E-state index is 12.9. The normalized spacial score (nSPS) is 14.4. The Morgan fingerprint density at radius 1 is 0.912 bits per heavy atom. The van der Waals surface area contributed by atoms with Crippen molar-refractivity contribution in [3.63, 3.8) is 0 Å². The highest BCUT2D eigenvalue weighted by molar-refractivity contribution is 6.03. The molecule has 0 unspecified atom stereocenters. The molecule has 0 aliphatic carbocycles. The van der Waals surface area contributed by atoms with Gasteiger partial charge in [0.05, 0.1) is 7.11 Å². The van der Waals surface area contributed by atoms with E-state index in [-0.39, 0.29) is 5.56 Å². The summed E-state index contributed by atoms with van der Waals surface area (Å²) in [7, 11) is 1.62. The van der Waals surface area contributed by atoms with E-state index in [2.05, 4.69) is 15.6 Å². The highest BCUT2D eigenvalue weighted by Crippen LogP contribution is 2.30. The zero-order valence-corrected chi connectivity index (χ0v) is 18.7. The SMILES string of the molecule is COc1ccc(NC2=N[C@H](c3cccc(Oc4ccccc4)c3)n3c(nc(C)cc3=O)N2)cc1. The van der Waals surface area contributed by atoms with E-state index in [0.717, 1.165) is 22.7 Å². The molecule has 170 valence electrons. The molecular formula is C26H23N5O3. The van der Waals surface area contributed by atoms with Crippen molar-refractivity contribution in [2.45, 2.75) is 13.1 Å². The van der Waals surface area contributed by atoms with Crippen LogP contribution in [0.15, 0.2) is 94.7 Å². The Labute approximate surface area is 196 Å². The summed E-state index contributed by atoms with van der Waals surface area (Å²) in [6.45, 7) is 1.79. The third kappa shape index (κ3) is 4.47. The van der Waals surface area contributed by atoms with Crippen molar-refractivity contribution < 1.29 is 9.47 Å². The van der Waals surface area contributed by atoms with Crippen LogP contribution in [0.25, 0.3) is 0 Å². The molecule has 2 N–H and O–H groups in total. The van der Waals surface area contributed by atoms with E-state index >= 15 is 0 Å². The Balaban J connectivity index is 1.52. The highest BCUT2D eigenvalue weighted by atomic mass is 16.5. The second-order valence-electron chi connectivity index (χ2n) is 7.75. The Morgan fingerprint density at radius 2 is 1.68 bits per heavy atom. The van der Waals surface area contributed by atoms with Gasteiger partial charge in [0.15, 0.2) is 6.17 Å². The Morgan fingerprint density at radius 3 is 2.44 bits per heavy atom. The number of hydrogen-bond donors (Lipinski definition) is 2. The fourth-order valence-corrected chi connectivity index (χ4v) is 3.71. The molecule has 1 aromatic heterocycles. The van der Waals surface area contributed by atoms with Crippen molar-refractivity contribution in [2.24, 2.45) is 4.99 Å². The van der Waals surface area contributed by atoms with Crippen LogP contribution in [-0.4, -0.2) is 22.6 Å². The van der Waals surface area contributed by atoms with Crippen LogP contribution in [0.1, 0.15) is 17.4 Å². The molecule has 4 aromatic rings. The molecule has 2 heterocycles. The third-order valence-electron chi connectivity index (χ3n) is 5.29. The smallest absolute Gasteiger partial charge is 0.257 e. The molecular weight excluding hydrogens is 430 g/mol. The number of rotatable bonds is 5. The molecule has 5 rings (SSSR count). The van der Waals surface area contributed by atoms with Crippen molar-refractivity contribution >= 4 is 17.6 Å². The number of guanidine groups is 1. The fraction of sp³-hybridized carbons (Fsp3) is 0.115. The van der Waals surface area contributed by atoms with Crippen molar-refractivity contribution in [1.82, 2.24) is 9.55 Å². The molecule has 0 spiro atoms. The lowest BCUT2D eigenvalue weighted by atomic mass is 10.1. The van der Waals surface area contributed by atoms with Crippen molar-refractivity contribution in [3.05, 3.63) is 107 Å². The van der Waals surface area contributed by atoms with Gasteiger partial charge in [0.25, 0.3) is 5.56 Å². The summed E-state index contributed by atoms with van der Waals surface area (Å²) in [6.07, 6.45) is -0.628. The number of anilines is 2. The Kier molecular flexibility index (Phi) is 5.70. The molecule has 0 amide bonds. The summed E-state index contributed by atoms with van der Waals surface area (Å²) in [5, 5.41) is 6.40. The van der Waals surface area contributed by atoms with Gasteiger partial charge in [-0.3, -0.25) is 14.7 Å². The first-order valence-electron chi connectivity index (χ1n) is 10.8. The number of nitrogens with one attached hydrogen (secondary N) is 2. The van der Waals surface area contributed by atoms with Gasteiger partial charge in [0.2, 0.25) is 11.9 Å². The number of para-hydroxylation sites is 1. The van der Waals surface area contributed by atoms with Crippen LogP contribution >= 0.6 is 0 Å². The number of methoxy groups -OCH3 is 1. The zero-order valence-electron chi connectivity index (χ0n) is 18.7. The van der Waals surface area contributed by atoms with Gasteiger partial charge in [-0.15, -0.1) is 0 Å². The monoisotopic (exact) mass is 453 g/mol. The molecule has 0 fully saturated rings. The molecule has 1 atom stereocenters. The van der Waals surface area contributed by atoms with Crippen LogP contribution in [0.3, 0.4) is 0 Å². The van der Waals surface area contributed by atoms with Gasteiger partial charge in [-0.25, -0.2) is 9.98 Å². The Hall–Kier alpha value is -4.59. The van der Waals surface area contributed by atoms with Crippen LogP contribution in [0.4, 0.5) is 11.6 Å². The van der Waals surface area contributed by atoms with Crippen LogP contribution in [0, 0.1) is 6.92 Å². The average Bonchev–Trinajstić information content (AvgIpc) is 2.84. The first-order chi connectivity index (χ1) is 16.6. The number of nitrogens with zero attached hydrogens (tertiary/aromatic N) is 3. The van der Waals surface area contributed by atoms with Crippen LogP contribution in [0.5, 0.6) is 17.2 Å². The minimum atomic E-state index is -0.628. The van der Waals surface area contributed by atoms with E-state index in [1.165, 1.54) is 10.6 Å². The molecule has 8 heteroatoms. The number of aryl methyl sites for hydroxylation is 1. The summed E-state index contributed by atoms with van der Waals surface area (Å²) in [4.78, 5) is 22.3. The second kappa shape index (κ2) is 9.11. The van der Waals surface area contributed by atoms with E-state index < -0.39 is 6.17 Å². The Bertz CT molecular complexity index is 1400. The molecule has 34 heavy (non-hydrogen) atoms. The quantitative estimate of drug-likeness (QED) is 0.452. The molecule has 1 aliphatic rings. The van der Waals surface area contributed by atoms with Gasteiger partial charge in [-0.05, 0) is 55.5 Å². The standard InChI is InChI=1S/C26H23N5O3/c1-17-15-23(32)31-24(18-7-6-10-22(16-18)34-21-8-4-3-5-9-21)29-25(30-26(31)27-17)28-19-11-13-20(33-2)14-12-19/h3-16,24H,1-2H3,(H2,27,28,29,30)/t24-/m0/s1. The predicted molar refractivity (Wildman–Crippen MR) is 132 cm³/mol. The summed E-state index contributed by atoms with van der Waals surface area (Å²) in [5.41, 5.74) is 2.03. The lowest BCUT2D eigenvalue weighted by Gasteiger charge is -2.27. The minimum Gasteiger partial charge on any atom is -0.497 e. The summed E-state index contributed by atoms with van der Waals surface area (Å²) < 4.78 is 12.8. The van der Waals surface area contributed by atoms with Crippen LogP contribution in [0.2, 0.25) is 0 Å². The number of aliphatic imine (C=N–C) groups is 1. The van der Waals surface area contributed by atoms with Crippen molar-refractivity contribution in [2.75, 3.05) is 17.7 Å². The number of ether oxygens (including phenoxy) is 2. The topological polar surface area (TPSA) is 89.8 Å². The molecule has 0 saturated heterocycles. The highest BCUT2D eigenvalue weighted by Gasteiger charge is 2.25. The van der Waals surface area contributed by atoms with Gasteiger partial charge in [0, 0.05) is 23.0 Å². The number of fused-ring (bicyclic) bond motifs is 1. The molecule has 0 saturated carbocycles. The summed E-state index contributed by atoms with van der Waals surface area (Å²) in [6, 6.07) is 26.1. The van der Waals surface area contributed by atoms with Gasteiger partial charge >= 0.3 is 0 Å². The summed E-state index contributed by atoms with van der Waals surface area (Å²) >= 11 is 0. The van der Waals surface area contributed by atoms with Gasteiger partial charge in [-0.1, -0.05) is 30.3 Å². The molecule has 1 aliphatic heterocycles. The van der Waals surface area contributed by atoms with E-state index in [1.807, 2.05) is 78.9 Å². The first kappa shape index (κ1) is 21.3. The van der Waals surface area contributed by atoms with E-state index in [9.17, 15) is 4.79 Å². The number of hydrogen-bond acceptors (Lipinski definition) is 7. The molecule has 8 nitrogen and oxygen atoms in total. The van der Waals surface area contributed by atoms with Crippen molar-refractivity contribution in [1.29, 1.82) is 0 Å². The van der Waals surface area contributed by atoms with E-state index in [4.69, 9.17) is 14.5 Å². The van der Waals surface area contributed by atoms with Gasteiger partial charge in [-0.2, -0.15) is 0 Å². The fourth-order valence-electron chi connectivity index (χ4n) is 3.71. The van der Waals surface area contributed by atoms with Gasteiger partial charge in [0.1, 0.15) is 17.2 Å². The number of benzene rings is 3. The van der Waals surface area contributed by atoms with Crippen LogP contribution < -0.4 is 25.7 Å². The summed E-state index contributed by atoms with van der Waals surface area (Å²) in [5.74, 6) is 3.02. The van der Waals surface area contributed by atoms with Gasteiger partial charge < -0.3 is 14.8 Å². The first-order valence-corrected chi connectivity index (χ1v) is 10.8. The lowest BCUT2D eigenvalue weighted by Crippen LogP contribution is -2.37. The maximum Gasteiger partial charge on any atom is 0.257 e. The minimum absolute atomic E-state index is 0.193. The van der Waals surface area contributed by atoms with E-state index in [1.54, 1.807) is 14.0 Å². The average molecular weight is 454 g/mol. The molecule has 3 aromatic carbocycles. The largest absolute Gasteiger partial charge is 0.497 e. The molecule has 0 radical (unpaired) electrons. The lowest BCUT2D eigenvalue weighted by molar-refractivity contribution is 0.415.